The quantitative estimate of drug-likeness (QED) is 0.526. The molecule has 3 heteroatoms. The molecule has 0 amide bonds. The zero-order valence-corrected chi connectivity index (χ0v) is 15.1. The standard InChI is InChI=1S/C18H12BrClSe/c19-13-9-11-14(12-10-13)21(20)17-7-3-1-5-15(17)16-6-2-4-8-18(16)21/h1-12H. The first kappa shape index (κ1) is 13.6. The Hall–Kier alpha value is -1.05. The molecule has 0 aromatic heterocycles. The van der Waals surface area contributed by atoms with Crippen molar-refractivity contribution in [2.24, 2.45) is 0 Å². The van der Waals surface area contributed by atoms with Crippen LogP contribution in [0.4, 0.5) is 0 Å². The third kappa shape index (κ3) is 1.94. The molecule has 0 saturated carbocycles. The van der Waals surface area contributed by atoms with Gasteiger partial charge in [-0.3, -0.25) is 0 Å². The first-order chi connectivity index (χ1) is 10.2. The van der Waals surface area contributed by atoms with E-state index < -0.39 is 11.9 Å². The molecule has 0 aliphatic carbocycles. The monoisotopic (exact) mass is 422 g/mol. The Morgan fingerprint density at radius 3 is 1.67 bits per heavy atom. The van der Waals surface area contributed by atoms with Crippen molar-refractivity contribution in [2.45, 2.75) is 0 Å². The van der Waals surface area contributed by atoms with Crippen LogP contribution in [0.2, 0.25) is 0 Å². The molecule has 104 valence electrons. The van der Waals surface area contributed by atoms with Gasteiger partial charge in [-0.2, -0.15) is 0 Å². The second kappa shape index (κ2) is 5.00. The summed E-state index contributed by atoms with van der Waals surface area (Å²) in [5, 5.41) is 0. The van der Waals surface area contributed by atoms with Crippen LogP contribution in [0, 0.1) is 0 Å². The normalized spacial score (nSPS) is 16.1. The molecular weight excluding hydrogens is 411 g/mol. The van der Waals surface area contributed by atoms with Crippen LogP contribution < -0.4 is 13.4 Å². The van der Waals surface area contributed by atoms with Crippen LogP contribution in [0.1, 0.15) is 0 Å². The van der Waals surface area contributed by atoms with Crippen LogP contribution in [0.3, 0.4) is 0 Å². The molecule has 0 unspecified atom stereocenters. The molecule has 0 fully saturated rings. The van der Waals surface area contributed by atoms with Crippen molar-refractivity contribution in [1.29, 1.82) is 0 Å². The third-order valence-electron chi connectivity index (χ3n) is 3.81. The third-order valence-corrected chi connectivity index (χ3v) is 13.0. The minimum atomic E-state index is -2.60. The molecular formula is C18H12BrClSe. The van der Waals surface area contributed by atoms with Crippen LogP contribution in [0.25, 0.3) is 11.1 Å². The van der Waals surface area contributed by atoms with Crippen LogP contribution >= 0.6 is 26.0 Å². The zero-order valence-electron chi connectivity index (χ0n) is 11.1. The van der Waals surface area contributed by atoms with E-state index >= 15 is 0 Å². The number of fused-ring (bicyclic) bond motifs is 3. The number of hydrogen-bond acceptors (Lipinski definition) is 0. The van der Waals surface area contributed by atoms with Gasteiger partial charge in [-0.05, 0) is 0 Å². The van der Waals surface area contributed by atoms with Crippen molar-refractivity contribution in [1.82, 2.24) is 0 Å². The molecule has 0 spiro atoms. The summed E-state index contributed by atoms with van der Waals surface area (Å²) in [7, 11) is 7.35. The van der Waals surface area contributed by atoms with Crippen LogP contribution in [0.5, 0.6) is 0 Å². The maximum absolute atomic E-state index is 7.35. The summed E-state index contributed by atoms with van der Waals surface area (Å²) in [5.74, 6) is 0. The average Bonchev–Trinajstić information content (AvgIpc) is 2.80. The van der Waals surface area contributed by atoms with Gasteiger partial charge in [0.05, 0.1) is 0 Å². The molecule has 4 rings (SSSR count). The van der Waals surface area contributed by atoms with Crippen molar-refractivity contribution >= 4 is 51.3 Å². The van der Waals surface area contributed by atoms with E-state index in [4.69, 9.17) is 10.1 Å². The van der Waals surface area contributed by atoms with Gasteiger partial charge < -0.3 is 0 Å². The van der Waals surface area contributed by atoms with E-state index in [-0.39, 0.29) is 0 Å². The van der Waals surface area contributed by atoms with Gasteiger partial charge in [-0.25, -0.2) is 0 Å². The summed E-state index contributed by atoms with van der Waals surface area (Å²) >= 11 is 0.913. The maximum atomic E-state index is 7.35. The van der Waals surface area contributed by atoms with E-state index in [9.17, 15) is 0 Å². The molecule has 1 aliphatic rings. The molecule has 0 nitrogen and oxygen atoms in total. The predicted molar refractivity (Wildman–Crippen MR) is 96.5 cm³/mol. The van der Waals surface area contributed by atoms with Crippen molar-refractivity contribution in [3.8, 4) is 11.1 Å². The average molecular weight is 423 g/mol. The molecule has 0 saturated heterocycles. The Labute approximate surface area is 139 Å². The Morgan fingerprint density at radius 1 is 0.667 bits per heavy atom. The van der Waals surface area contributed by atoms with E-state index in [0.717, 1.165) is 4.47 Å². The Balaban J connectivity index is 2.06. The van der Waals surface area contributed by atoms with Crippen LogP contribution in [-0.4, -0.2) is 11.9 Å². The summed E-state index contributed by atoms with van der Waals surface area (Å²) < 4.78 is 4.98. The fraction of sp³-hybridized carbons (Fsp3) is 0. The Morgan fingerprint density at radius 2 is 1.14 bits per heavy atom. The molecule has 21 heavy (non-hydrogen) atoms. The Kier molecular flexibility index (Phi) is 3.24. The van der Waals surface area contributed by atoms with E-state index in [1.807, 2.05) is 0 Å². The number of rotatable bonds is 1. The van der Waals surface area contributed by atoms with Gasteiger partial charge in [0, 0.05) is 0 Å². The topological polar surface area (TPSA) is 0 Å². The first-order valence-corrected chi connectivity index (χ1v) is 12.3. The number of benzene rings is 3. The summed E-state index contributed by atoms with van der Waals surface area (Å²) in [6.45, 7) is 0. The number of halogens is 2. The molecule has 0 bridgehead atoms. The fourth-order valence-corrected chi connectivity index (χ4v) is 10.8. The van der Waals surface area contributed by atoms with Gasteiger partial charge in [0.25, 0.3) is 0 Å². The van der Waals surface area contributed by atoms with Crippen molar-refractivity contribution in [3.63, 3.8) is 0 Å². The Bertz CT molecular complexity index is 781. The van der Waals surface area contributed by atoms with Crippen LogP contribution in [-0.2, 0) is 0 Å². The van der Waals surface area contributed by atoms with Gasteiger partial charge in [0.1, 0.15) is 0 Å². The second-order valence-corrected chi connectivity index (χ2v) is 13.4. The predicted octanol–water partition coefficient (Wildman–Crippen LogP) is 3.64. The number of hydrogen-bond donors (Lipinski definition) is 0. The second-order valence-electron chi connectivity index (χ2n) is 4.98. The van der Waals surface area contributed by atoms with E-state index in [2.05, 4.69) is 88.7 Å². The fourth-order valence-electron chi connectivity index (χ4n) is 2.86. The van der Waals surface area contributed by atoms with Crippen molar-refractivity contribution in [2.75, 3.05) is 0 Å². The molecule has 0 atom stereocenters. The van der Waals surface area contributed by atoms with Gasteiger partial charge in [-0.15, -0.1) is 0 Å². The first-order valence-electron chi connectivity index (χ1n) is 6.68. The minimum absolute atomic E-state index is 1.09. The molecule has 0 radical (unpaired) electrons. The molecule has 3 aromatic rings. The van der Waals surface area contributed by atoms with Crippen molar-refractivity contribution in [3.05, 3.63) is 77.3 Å². The van der Waals surface area contributed by atoms with E-state index in [0.29, 0.717) is 0 Å². The molecule has 1 aliphatic heterocycles. The molecule has 1 heterocycles. The van der Waals surface area contributed by atoms with Crippen LogP contribution in [0.15, 0.2) is 77.3 Å². The summed E-state index contributed by atoms with van der Waals surface area (Å²) in [4.78, 5) is 0. The van der Waals surface area contributed by atoms with Crippen molar-refractivity contribution < 1.29 is 0 Å². The van der Waals surface area contributed by atoms with Gasteiger partial charge >= 0.3 is 140 Å². The molecule has 0 N–H and O–H groups in total. The van der Waals surface area contributed by atoms with Gasteiger partial charge in [0.2, 0.25) is 0 Å². The summed E-state index contributed by atoms with van der Waals surface area (Å²) in [6.07, 6.45) is 0. The molecule has 3 aromatic carbocycles. The van der Waals surface area contributed by atoms with Gasteiger partial charge in [0.15, 0.2) is 0 Å². The zero-order chi connectivity index (χ0) is 14.4. The van der Waals surface area contributed by atoms with E-state index in [1.54, 1.807) is 0 Å². The summed E-state index contributed by atoms with van der Waals surface area (Å²) in [6, 6.07) is 25.6. The van der Waals surface area contributed by atoms with Gasteiger partial charge in [-0.1, -0.05) is 0 Å². The SMILES string of the molecule is Cl[Se]1(c2ccc(Br)cc2)c2ccccc2-c2ccccc21. The summed E-state index contributed by atoms with van der Waals surface area (Å²) in [5.41, 5.74) is 2.59. The van der Waals surface area contributed by atoms with E-state index in [1.165, 1.54) is 24.5 Å².